The molecule has 3 unspecified atom stereocenters. The first-order valence-corrected chi connectivity index (χ1v) is 7.09. The van der Waals surface area contributed by atoms with E-state index in [1.165, 1.54) is 43.2 Å². The van der Waals surface area contributed by atoms with Gasteiger partial charge in [0.2, 0.25) is 0 Å². The Balaban J connectivity index is 1.87. The van der Waals surface area contributed by atoms with E-state index in [1.807, 2.05) is 12.1 Å². The molecular formula is C16H22O. The molecule has 92 valence electrons. The van der Waals surface area contributed by atoms with E-state index in [2.05, 4.69) is 13.0 Å². The Morgan fingerprint density at radius 2 is 2.12 bits per heavy atom. The molecule has 0 radical (unpaired) electrons. The molecule has 0 spiro atoms. The number of hydrogen-bond donors (Lipinski definition) is 1. The maximum atomic E-state index is 9.95. The van der Waals surface area contributed by atoms with Gasteiger partial charge >= 0.3 is 0 Å². The van der Waals surface area contributed by atoms with Gasteiger partial charge in [0.1, 0.15) is 5.75 Å². The van der Waals surface area contributed by atoms with E-state index >= 15 is 0 Å². The average Bonchev–Trinajstić information content (AvgIpc) is 2.71. The summed E-state index contributed by atoms with van der Waals surface area (Å²) in [5.74, 6) is 3.21. The van der Waals surface area contributed by atoms with Crippen LogP contribution in [0.5, 0.6) is 5.75 Å². The van der Waals surface area contributed by atoms with E-state index in [0.717, 1.165) is 24.2 Å². The Bertz CT molecular complexity index is 410. The van der Waals surface area contributed by atoms with Crippen molar-refractivity contribution >= 4 is 0 Å². The minimum atomic E-state index is 0.528. The molecule has 0 aromatic heterocycles. The fraction of sp³-hybridized carbons (Fsp3) is 0.625. The SMILES string of the molecule is CCCC1CCC2Cc3c(O)cccc3CC12. The highest BCUT2D eigenvalue weighted by molar-refractivity contribution is 5.41. The lowest BCUT2D eigenvalue weighted by Gasteiger charge is -2.31. The molecule has 1 saturated carbocycles. The zero-order valence-electron chi connectivity index (χ0n) is 10.7. The molecule has 2 aliphatic carbocycles. The Morgan fingerprint density at radius 1 is 1.24 bits per heavy atom. The van der Waals surface area contributed by atoms with Crippen LogP contribution in [0.4, 0.5) is 0 Å². The van der Waals surface area contributed by atoms with E-state index in [0.29, 0.717) is 5.75 Å². The summed E-state index contributed by atoms with van der Waals surface area (Å²) in [6.07, 6.45) is 7.84. The van der Waals surface area contributed by atoms with Crippen LogP contribution in [0.2, 0.25) is 0 Å². The van der Waals surface area contributed by atoms with E-state index in [9.17, 15) is 5.11 Å². The molecule has 3 atom stereocenters. The number of aromatic hydroxyl groups is 1. The van der Waals surface area contributed by atoms with Gasteiger partial charge in [-0.05, 0) is 60.6 Å². The van der Waals surface area contributed by atoms with Crippen molar-refractivity contribution in [2.75, 3.05) is 0 Å². The summed E-state index contributed by atoms with van der Waals surface area (Å²) in [5.41, 5.74) is 2.65. The summed E-state index contributed by atoms with van der Waals surface area (Å²) >= 11 is 0. The van der Waals surface area contributed by atoms with Crippen molar-refractivity contribution in [1.29, 1.82) is 0 Å². The minimum Gasteiger partial charge on any atom is -0.508 e. The van der Waals surface area contributed by atoms with Crippen LogP contribution >= 0.6 is 0 Å². The van der Waals surface area contributed by atoms with Gasteiger partial charge in [-0.3, -0.25) is 0 Å². The molecule has 1 heteroatoms. The molecule has 1 fully saturated rings. The van der Waals surface area contributed by atoms with Gasteiger partial charge in [-0.2, -0.15) is 0 Å². The van der Waals surface area contributed by atoms with Crippen LogP contribution in [-0.4, -0.2) is 5.11 Å². The molecular weight excluding hydrogens is 208 g/mol. The quantitative estimate of drug-likeness (QED) is 0.816. The fourth-order valence-electron chi connectivity index (χ4n) is 4.12. The van der Waals surface area contributed by atoms with Gasteiger partial charge in [0.25, 0.3) is 0 Å². The summed E-state index contributed by atoms with van der Waals surface area (Å²) < 4.78 is 0. The molecule has 1 aromatic rings. The fourth-order valence-corrected chi connectivity index (χ4v) is 4.12. The van der Waals surface area contributed by atoms with Crippen molar-refractivity contribution < 1.29 is 5.11 Å². The van der Waals surface area contributed by atoms with Crippen molar-refractivity contribution in [2.45, 2.75) is 45.4 Å². The minimum absolute atomic E-state index is 0.528. The third kappa shape index (κ3) is 1.86. The van der Waals surface area contributed by atoms with Crippen LogP contribution in [0, 0.1) is 17.8 Å². The third-order valence-corrected chi connectivity index (χ3v) is 4.95. The average molecular weight is 230 g/mol. The molecule has 17 heavy (non-hydrogen) atoms. The highest BCUT2D eigenvalue weighted by Gasteiger charge is 2.39. The second-order valence-corrected chi connectivity index (χ2v) is 5.87. The molecule has 0 heterocycles. The second kappa shape index (κ2) is 4.36. The summed E-state index contributed by atoms with van der Waals surface area (Å²) in [5, 5.41) is 9.95. The predicted molar refractivity (Wildman–Crippen MR) is 70.1 cm³/mol. The lowest BCUT2D eigenvalue weighted by molar-refractivity contribution is 0.274. The Morgan fingerprint density at radius 3 is 2.94 bits per heavy atom. The van der Waals surface area contributed by atoms with Gasteiger partial charge in [-0.1, -0.05) is 31.9 Å². The van der Waals surface area contributed by atoms with E-state index in [1.54, 1.807) is 0 Å². The molecule has 0 saturated heterocycles. The highest BCUT2D eigenvalue weighted by Crippen LogP contribution is 2.47. The van der Waals surface area contributed by atoms with Gasteiger partial charge in [-0.15, -0.1) is 0 Å². The monoisotopic (exact) mass is 230 g/mol. The summed E-state index contributed by atoms with van der Waals surface area (Å²) in [7, 11) is 0. The van der Waals surface area contributed by atoms with Crippen LogP contribution in [0.25, 0.3) is 0 Å². The molecule has 2 aliphatic rings. The Hall–Kier alpha value is -0.980. The van der Waals surface area contributed by atoms with Crippen LogP contribution in [0.15, 0.2) is 18.2 Å². The molecule has 0 aliphatic heterocycles. The predicted octanol–water partition coefficient (Wildman–Crippen LogP) is 3.93. The first-order chi connectivity index (χ1) is 8.29. The van der Waals surface area contributed by atoms with Crippen molar-refractivity contribution in [3.8, 4) is 5.75 Å². The maximum Gasteiger partial charge on any atom is 0.119 e. The van der Waals surface area contributed by atoms with Crippen LogP contribution in [0.3, 0.4) is 0 Å². The van der Waals surface area contributed by atoms with Crippen LogP contribution < -0.4 is 0 Å². The molecule has 3 rings (SSSR count). The van der Waals surface area contributed by atoms with Gasteiger partial charge in [-0.25, -0.2) is 0 Å². The number of benzene rings is 1. The first-order valence-electron chi connectivity index (χ1n) is 7.09. The van der Waals surface area contributed by atoms with Gasteiger partial charge in [0.15, 0.2) is 0 Å². The number of phenols is 1. The van der Waals surface area contributed by atoms with Gasteiger partial charge in [0, 0.05) is 0 Å². The standard InChI is InChI=1S/C16H22O/c1-2-4-11-7-8-13-10-15-12(9-14(11)13)5-3-6-16(15)17/h3,5-6,11,13-14,17H,2,4,7-10H2,1H3. The normalized spacial score (nSPS) is 31.0. The largest absolute Gasteiger partial charge is 0.508 e. The summed E-state index contributed by atoms with van der Waals surface area (Å²) in [6.45, 7) is 2.30. The van der Waals surface area contributed by atoms with Crippen molar-refractivity contribution in [2.24, 2.45) is 17.8 Å². The summed E-state index contributed by atoms with van der Waals surface area (Å²) in [4.78, 5) is 0. The van der Waals surface area contributed by atoms with Crippen molar-refractivity contribution in [3.63, 3.8) is 0 Å². The number of rotatable bonds is 2. The topological polar surface area (TPSA) is 20.2 Å². The molecule has 1 nitrogen and oxygen atoms in total. The molecule has 1 aromatic carbocycles. The maximum absolute atomic E-state index is 9.95. The van der Waals surface area contributed by atoms with Gasteiger partial charge in [0.05, 0.1) is 0 Å². The number of fused-ring (bicyclic) bond motifs is 2. The highest BCUT2D eigenvalue weighted by atomic mass is 16.3. The number of phenolic OH excluding ortho intramolecular Hbond substituents is 1. The smallest absolute Gasteiger partial charge is 0.119 e. The van der Waals surface area contributed by atoms with Crippen LogP contribution in [-0.2, 0) is 12.8 Å². The lowest BCUT2D eigenvalue weighted by atomic mass is 9.74. The van der Waals surface area contributed by atoms with E-state index in [-0.39, 0.29) is 0 Å². The zero-order chi connectivity index (χ0) is 11.8. The van der Waals surface area contributed by atoms with Gasteiger partial charge < -0.3 is 5.11 Å². The number of hydrogen-bond acceptors (Lipinski definition) is 1. The van der Waals surface area contributed by atoms with E-state index in [4.69, 9.17) is 0 Å². The van der Waals surface area contributed by atoms with Crippen molar-refractivity contribution in [3.05, 3.63) is 29.3 Å². The lowest BCUT2D eigenvalue weighted by Crippen LogP contribution is -2.25. The van der Waals surface area contributed by atoms with Crippen molar-refractivity contribution in [1.82, 2.24) is 0 Å². The Kier molecular flexibility index (Phi) is 2.85. The molecule has 0 bridgehead atoms. The van der Waals surface area contributed by atoms with Crippen LogP contribution in [0.1, 0.15) is 43.7 Å². The summed E-state index contributed by atoms with van der Waals surface area (Å²) in [6, 6.07) is 6.06. The molecule has 1 N–H and O–H groups in total. The first kappa shape index (κ1) is 11.1. The zero-order valence-corrected chi connectivity index (χ0v) is 10.7. The van der Waals surface area contributed by atoms with E-state index < -0.39 is 0 Å². The second-order valence-electron chi connectivity index (χ2n) is 5.87. The third-order valence-electron chi connectivity index (χ3n) is 4.95. The molecule has 0 amide bonds. The Labute approximate surface area is 104 Å².